The van der Waals surface area contributed by atoms with Crippen molar-refractivity contribution in [3.63, 3.8) is 0 Å². The lowest BCUT2D eigenvalue weighted by atomic mass is 10.3. The molecule has 2 N–H and O–H groups in total. The summed E-state index contributed by atoms with van der Waals surface area (Å²) >= 11 is 8.72. The Bertz CT molecular complexity index is 298. The first kappa shape index (κ1) is 10.5. The molecule has 0 aliphatic rings. The second kappa shape index (κ2) is 4.11. The van der Waals surface area contributed by atoms with E-state index in [2.05, 4.69) is 20.7 Å². The number of alkyl halides is 2. The smallest absolute Gasteiger partial charge is 0.387 e. The van der Waals surface area contributed by atoms with Crippen molar-refractivity contribution in [3.8, 4) is 5.75 Å². The minimum atomic E-state index is -2.87. The molecule has 2 nitrogen and oxygen atoms in total. The first-order valence-electron chi connectivity index (χ1n) is 3.20. The minimum Gasteiger partial charge on any atom is -0.435 e. The van der Waals surface area contributed by atoms with Crippen LogP contribution in [0.5, 0.6) is 5.75 Å². The number of benzene rings is 1. The molecule has 1 rings (SSSR count). The molecule has 0 atom stereocenters. The van der Waals surface area contributed by atoms with Gasteiger partial charge in [-0.05, 0) is 22.0 Å². The molecule has 0 amide bonds. The van der Waals surface area contributed by atoms with Crippen LogP contribution in [-0.4, -0.2) is 6.61 Å². The minimum absolute atomic E-state index is 0.0243. The number of rotatable bonds is 2. The Morgan fingerprint density at radius 3 is 2.54 bits per heavy atom. The molecule has 0 bridgehead atoms. The molecule has 72 valence electrons. The van der Waals surface area contributed by atoms with Crippen molar-refractivity contribution in [1.29, 1.82) is 0 Å². The summed E-state index contributed by atoms with van der Waals surface area (Å²) in [5.74, 6) is -0.0243. The van der Waals surface area contributed by atoms with Gasteiger partial charge in [0.05, 0.1) is 10.7 Å². The van der Waals surface area contributed by atoms with E-state index in [-0.39, 0.29) is 16.5 Å². The molecule has 0 aliphatic carbocycles. The summed E-state index contributed by atoms with van der Waals surface area (Å²) < 4.78 is 28.1. The van der Waals surface area contributed by atoms with Gasteiger partial charge >= 0.3 is 6.61 Å². The molecule has 13 heavy (non-hydrogen) atoms. The van der Waals surface area contributed by atoms with E-state index in [0.717, 1.165) is 0 Å². The Labute approximate surface area is 86.8 Å². The van der Waals surface area contributed by atoms with E-state index in [1.807, 2.05) is 0 Å². The first-order valence-corrected chi connectivity index (χ1v) is 4.37. The number of hydrogen-bond donors (Lipinski definition) is 1. The quantitative estimate of drug-likeness (QED) is 0.839. The summed E-state index contributed by atoms with van der Waals surface area (Å²) in [6, 6.07) is 2.56. The zero-order chi connectivity index (χ0) is 10.0. The van der Waals surface area contributed by atoms with E-state index in [1.54, 1.807) is 0 Å². The monoisotopic (exact) mass is 271 g/mol. The van der Waals surface area contributed by atoms with Crippen LogP contribution in [-0.2, 0) is 0 Å². The third-order valence-corrected chi connectivity index (χ3v) is 2.53. The van der Waals surface area contributed by atoms with Crippen molar-refractivity contribution < 1.29 is 13.5 Å². The maximum atomic E-state index is 11.8. The van der Waals surface area contributed by atoms with E-state index in [4.69, 9.17) is 17.3 Å². The lowest BCUT2D eigenvalue weighted by Crippen LogP contribution is -2.02. The summed E-state index contributed by atoms with van der Waals surface area (Å²) in [5, 5.41) is 0.279. The van der Waals surface area contributed by atoms with Crippen LogP contribution in [0.3, 0.4) is 0 Å². The fraction of sp³-hybridized carbons (Fsp3) is 0.143. The fourth-order valence-electron chi connectivity index (χ4n) is 0.755. The van der Waals surface area contributed by atoms with Gasteiger partial charge in [0, 0.05) is 10.5 Å². The van der Waals surface area contributed by atoms with Crippen molar-refractivity contribution in [3.05, 3.63) is 21.6 Å². The highest BCUT2D eigenvalue weighted by molar-refractivity contribution is 9.10. The van der Waals surface area contributed by atoms with Gasteiger partial charge in [-0.15, -0.1) is 0 Å². The second-order valence-electron chi connectivity index (χ2n) is 2.19. The number of hydrogen-bond acceptors (Lipinski definition) is 2. The van der Waals surface area contributed by atoms with Crippen molar-refractivity contribution >= 4 is 33.2 Å². The van der Waals surface area contributed by atoms with Crippen molar-refractivity contribution in [2.45, 2.75) is 6.61 Å². The highest BCUT2D eigenvalue weighted by Gasteiger charge is 2.09. The Morgan fingerprint density at radius 2 is 2.08 bits per heavy atom. The van der Waals surface area contributed by atoms with E-state index >= 15 is 0 Å². The Morgan fingerprint density at radius 1 is 1.46 bits per heavy atom. The van der Waals surface area contributed by atoms with Gasteiger partial charge in [0.2, 0.25) is 0 Å². The van der Waals surface area contributed by atoms with Gasteiger partial charge in [-0.25, -0.2) is 0 Å². The van der Waals surface area contributed by atoms with Crippen LogP contribution in [0.25, 0.3) is 0 Å². The zero-order valence-corrected chi connectivity index (χ0v) is 8.57. The molecule has 0 spiro atoms. The number of nitrogen functional groups attached to an aromatic ring is 1. The van der Waals surface area contributed by atoms with Crippen LogP contribution in [0.15, 0.2) is 16.6 Å². The van der Waals surface area contributed by atoms with Gasteiger partial charge in [0.25, 0.3) is 0 Å². The van der Waals surface area contributed by atoms with Gasteiger partial charge < -0.3 is 10.5 Å². The predicted molar refractivity (Wildman–Crippen MR) is 50.2 cm³/mol. The summed E-state index contributed by atoms with van der Waals surface area (Å²) in [6.45, 7) is -2.87. The van der Waals surface area contributed by atoms with Crippen LogP contribution in [0.2, 0.25) is 5.02 Å². The molecular formula is C7H5BrClF2NO. The van der Waals surface area contributed by atoms with Crippen LogP contribution < -0.4 is 10.5 Å². The van der Waals surface area contributed by atoms with Crippen LogP contribution in [0, 0.1) is 0 Å². The molecule has 0 saturated carbocycles. The summed E-state index contributed by atoms with van der Waals surface area (Å²) in [5.41, 5.74) is 5.60. The molecule has 0 aliphatic heterocycles. The number of ether oxygens (including phenoxy) is 1. The number of anilines is 1. The van der Waals surface area contributed by atoms with Gasteiger partial charge in [-0.2, -0.15) is 8.78 Å². The van der Waals surface area contributed by atoms with Crippen LogP contribution >= 0.6 is 27.5 Å². The predicted octanol–water partition coefficient (Wildman–Crippen LogP) is 3.29. The largest absolute Gasteiger partial charge is 0.435 e. The van der Waals surface area contributed by atoms with E-state index in [1.165, 1.54) is 12.1 Å². The molecule has 0 unspecified atom stereocenters. The molecule has 0 saturated heterocycles. The van der Waals surface area contributed by atoms with Crippen LogP contribution in [0.4, 0.5) is 14.5 Å². The lowest BCUT2D eigenvalue weighted by molar-refractivity contribution is -0.0498. The SMILES string of the molecule is Nc1cc(OC(F)F)cc(Br)c1Cl. The molecule has 0 fully saturated rings. The first-order chi connectivity index (χ1) is 6.00. The fourth-order valence-corrected chi connectivity index (χ4v) is 1.32. The Kier molecular flexibility index (Phi) is 3.33. The Hall–Kier alpha value is -0.550. The third kappa shape index (κ3) is 2.70. The highest BCUT2D eigenvalue weighted by atomic mass is 79.9. The lowest BCUT2D eigenvalue weighted by Gasteiger charge is -2.07. The highest BCUT2D eigenvalue weighted by Crippen LogP contribution is 2.33. The average molecular weight is 272 g/mol. The second-order valence-corrected chi connectivity index (χ2v) is 3.42. The van der Waals surface area contributed by atoms with Gasteiger partial charge in [-0.1, -0.05) is 11.6 Å². The molecule has 1 aromatic rings. The summed E-state index contributed by atoms with van der Waals surface area (Å²) in [6.07, 6.45) is 0. The van der Waals surface area contributed by atoms with Crippen molar-refractivity contribution in [2.75, 3.05) is 5.73 Å². The third-order valence-electron chi connectivity index (χ3n) is 1.26. The van der Waals surface area contributed by atoms with Crippen molar-refractivity contribution in [1.82, 2.24) is 0 Å². The maximum absolute atomic E-state index is 11.8. The molecular weight excluding hydrogens is 267 g/mol. The topological polar surface area (TPSA) is 35.2 Å². The number of nitrogens with two attached hydrogens (primary N) is 1. The molecule has 0 aromatic heterocycles. The normalized spacial score (nSPS) is 10.5. The van der Waals surface area contributed by atoms with E-state index < -0.39 is 6.61 Å². The zero-order valence-electron chi connectivity index (χ0n) is 6.23. The Balaban J connectivity index is 2.99. The molecule has 0 heterocycles. The van der Waals surface area contributed by atoms with Gasteiger partial charge in [0.1, 0.15) is 5.75 Å². The van der Waals surface area contributed by atoms with Gasteiger partial charge in [0.15, 0.2) is 0 Å². The van der Waals surface area contributed by atoms with E-state index in [9.17, 15) is 8.78 Å². The summed E-state index contributed by atoms with van der Waals surface area (Å²) in [4.78, 5) is 0. The van der Waals surface area contributed by atoms with Crippen LogP contribution in [0.1, 0.15) is 0 Å². The average Bonchev–Trinajstić information content (AvgIpc) is 1.98. The molecule has 6 heteroatoms. The standard InChI is InChI=1S/C7H5BrClF2NO/c8-4-1-3(13-7(10)11)2-5(12)6(4)9/h1-2,7H,12H2. The molecule has 0 radical (unpaired) electrons. The van der Waals surface area contributed by atoms with Crippen molar-refractivity contribution in [2.24, 2.45) is 0 Å². The summed E-state index contributed by atoms with van der Waals surface area (Å²) in [7, 11) is 0. The maximum Gasteiger partial charge on any atom is 0.387 e. The number of halogens is 4. The van der Waals surface area contributed by atoms with Gasteiger partial charge in [-0.3, -0.25) is 0 Å². The van der Waals surface area contributed by atoms with E-state index in [0.29, 0.717) is 4.47 Å². The molecule has 1 aromatic carbocycles.